The summed E-state index contributed by atoms with van der Waals surface area (Å²) in [4.78, 5) is 29.3. The summed E-state index contributed by atoms with van der Waals surface area (Å²) >= 11 is 1.02. The van der Waals surface area contributed by atoms with Crippen LogP contribution in [0.4, 0.5) is 15.0 Å². The number of carbonyl (C=O) groups is 2. The van der Waals surface area contributed by atoms with E-state index in [2.05, 4.69) is 10.3 Å². The van der Waals surface area contributed by atoms with Gasteiger partial charge in [0.25, 0.3) is 5.24 Å². The fourth-order valence-corrected chi connectivity index (χ4v) is 4.11. The summed E-state index contributed by atoms with van der Waals surface area (Å²) in [5.74, 6) is 1.86. The van der Waals surface area contributed by atoms with Crippen molar-refractivity contribution in [3.8, 4) is 17.2 Å². The van der Waals surface area contributed by atoms with E-state index >= 15 is 0 Å². The molecule has 9 heteroatoms. The second-order valence-electron chi connectivity index (χ2n) is 7.38. The average molecular weight is 468 g/mol. The third-order valence-corrected chi connectivity index (χ3v) is 5.94. The lowest BCUT2D eigenvalue weighted by molar-refractivity contribution is -0.118. The number of hydrogen-bond acceptors (Lipinski definition) is 7. The Hall–Kier alpha value is -3.59. The Morgan fingerprint density at radius 3 is 2.48 bits per heavy atom. The number of nitrogens with zero attached hydrogens (tertiary/aromatic N) is 2. The molecule has 4 rings (SSSR count). The Morgan fingerprint density at radius 1 is 1.06 bits per heavy atom. The van der Waals surface area contributed by atoms with Gasteiger partial charge in [0, 0.05) is 13.2 Å². The van der Waals surface area contributed by atoms with Gasteiger partial charge in [0.2, 0.25) is 5.91 Å². The monoisotopic (exact) mass is 467 g/mol. The van der Waals surface area contributed by atoms with Crippen molar-refractivity contribution in [3.05, 3.63) is 78.2 Å². The zero-order valence-corrected chi connectivity index (χ0v) is 18.7. The summed E-state index contributed by atoms with van der Waals surface area (Å²) in [7, 11) is 1.89. The van der Waals surface area contributed by atoms with Gasteiger partial charge in [-0.15, -0.1) is 0 Å². The fraction of sp³-hybridized carbons (Fsp3) is 0.208. The lowest BCUT2D eigenvalue weighted by Gasteiger charge is -2.21. The number of halogens is 1. The molecule has 1 fully saturated rings. The van der Waals surface area contributed by atoms with Crippen molar-refractivity contribution < 1.29 is 23.5 Å². The van der Waals surface area contributed by atoms with Crippen molar-refractivity contribution in [2.75, 3.05) is 25.1 Å². The minimum atomic E-state index is -0.386. The number of ether oxygens (including phenoxy) is 2. The molecule has 7 nitrogen and oxygen atoms in total. The van der Waals surface area contributed by atoms with Crippen LogP contribution in [0, 0.1) is 5.82 Å². The summed E-state index contributed by atoms with van der Waals surface area (Å²) in [5.41, 5.74) is 0.956. The topological polar surface area (TPSA) is 80.8 Å². The molecule has 0 radical (unpaired) electrons. The zero-order chi connectivity index (χ0) is 23.2. The van der Waals surface area contributed by atoms with Crippen molar-refractivity contribution in [1.29, 1.82) is 0 Å². The van der Waals surface area contributed by atoms with Crippen molar-refractivity contribution in [2.45, 2.75) is 11.7 Å². The van der Waals surface area contributed by atoms with E-state index in [1.165, 1.54) is 12.1 Å². The fourth-order valence-electron chi connectivity index (χ4n) is 3.25. The average Bonchev–Trinajstić information content (AvgIpc) is 3.13. The van der Waals surface area contributed by atoms with Crippen molar-refractivity contribution >= 4 is 28.7 Å². The molecule has 2 heterocycles. The highest BCUT2D eigenvalue weighted by Crippen LogP contribution is 2.29. The minimum absolute atomic E-state index is 0.245. The Kier molecular flexibility index (Phi) is 7.09. The van der Waals surface area contributed by atoms with Crippen LogP contribution in [0.3, 0.4) is 0 Å². The predicted octanol–water partition coefficient (Wildman–Crippen LogP) is 4.42. The first-order valence-corrected chi connectivity index (χ1v) is 11.2. The Balaban J connectivity index is 1.29. The highest BCUT2D eigenvalue weighted by molar-refractivity contribution is 8.15. The third kappa shape index (κ3) is 6.01. The largest absolute Gasteiger partial charge is 0.492 e. The molecule has 33 heavy (non-hydrogen) atoms. The standard InChI is InChI=1S/C24H22FN3O4S/c1-28(22-20(3-2-12-26-22)32-19-10-6-17(25)7-11-19)13-14-31-18-8-4-16(5-9-18)15-21-23(29)27-24(30)33-21/h2-12,21H,13-15H2,1H3,(H,27,29,30). The van der Waals surface area contributed by atoms with Gasteiger partial charge in [-0.25, -0.2) is 9.37 Å². The van der Waals surface area contributed by atoms with Crippen LogP contribution in [0.25, 0.3) is 0 Å². The normalized spacial score (nSPS) is 15.3. The second kappa shape index (κ2) is 10.4. The van der Waals surface area contributed by atoms with Crippen LogP contribution in [0.2, 0.25) is 0 Å². The molecule has 1 unspecified atom stereocenters. The van der Waals surface area contributed by atoms with E-state index in [-0.39, 0.29) is 22.2 Å². The van der Waals surface area contributed by atoms with E-state index in [0.717, 1.165) is 17.3 Å². The SMILES string of the molecule is CN(CCOc1ccc(CC2SC(=O)NC2=O)cc1)c1ncccc1Oc1ccc(F)cc1. The van der Waals surface area contributed by atoms with Crippen LogP contribution in [0.1, 0.15) is 5.56 Å². The van der Waals surface area contributed by atoms with Gasteiger partial charge in [0.15, 0.2) is 11.6 Å². The third-order valence-electron chi connectivity index (χ3n) is 4.96. The molecular weight excluding hydrogens is 445 g/mol. The lowest BCUT2D eigenvalue weighted by Crippen LogP contribution is -2.25. The Morgan fingerprint density at radius 2 is 1.79 bits per heavy atom. The number of nitrogens with one attached hydrogen (secondary N) is 1. The summed E-state index contributed by atoms with van der Waals surface area (Å²) < 4.78 is 24.8. The van der Waals surface area contributed by atoms with Gasteiger partial charge < -0.3 is 14.4 Å². The molecule has 1 aliphatic rings. The van der Waals surface area contributed by atoms with Crippen LogP contribution in [-0.2, 0) is 11.2 Å². The molecule has 0 spiro atoms. The number of rotatable bonds is 9. The van der Waals surface area contributed by atoms with Crippen molar-refractivity contribution in [1.82, 2.24) is 10.3 Å². The molecule has 1 aromatic heterocycles. The highest BCUT2D eigenvalue weighted by Gasteiger charge is 2.31. The van der Waals surface area contributed by atoms with Gasteiger partial charge >= 0.3 is 0 Å². The summed E-state index contributed by atoms with van der Waals surface area (Å²) in [6.07, 6.45) is 2.17. The van der Waals surface area contributed by atoms with Gasteiger partial charge in [-0.2, -0.15) is 0 Å². The number of hydrogen-bond donors (Lipinski definition) is 1. The van der Waals surface area contributed by atoms with Crippen molar-refractivity contribution in [3.63, 3.8) is 0 Å². The molecule has 0 aliphatic carbocycles. The molecule has 0 bridgehead atoms. The molecule has 1 aliphatic heterocycles. The number of carbonyl (C=O) groups excluding carboxylic acids is 2. The maximum Gasteiger partial charge on any atom is 0.286 e. The molecular formula is C24H22FN3O4S. The quantitative estimate of drug-likeness (QED) is 0.499. The van der Waals surface area contributed by atoms with Crippen LogP contribution >= 0.6 is 11.8 Å². The molecule has 2 aromatic carbocycles. The maximum absolute atomic E-state index is 13.1. The van der Waals surface area contributed by atoms with E-state index in [9.17, 15) is 14.0 Å². The lowest BCUT2D eigenvalue weighted by atomic mass is 10.1. The summed E-state index contributed by atoms with van der Waals surface area (Å²) in [6, 6.07) is 16.9. The molecule has 1 atom stereocenters. The number of aromatic nitrogens is 1. The first kappa shape index (κ1) is 22.6. The van der Waals surface area contributed by atoms with Crippen molar-refractivity contribution in [2.24, 2.45) is 0 Å². The number of amides is 2. The summed E-state index contributed by atoms with van der Waals surface area (Å²) in [5, 5.41) is 1.61. The first-order chi connectivity index (χ1) is 16.0. The van der Waals surface area contributed by atoms with Crippen LogP contribution < -0.4 is 19.7 Å². The van der Waals surface area contributed by atoms with Gasteiger partial charge in [-0.05, 0) is 60.5 Å². The number of benzene rings is 2. The van der Waals surface area contributed by atoms with Crippen LogP contribution in [-0.4, -0.2) is 41.6 Å². The number of likely N-dealkylation sites (N-methyl/N-ethyl adjacent to an activating group) is 1. The molecule has 1 saturated heterocycles. The number of pyridine rings is 1. The van der Waals surface area contributed by atoms with E-state index < -0.39 is 0 Å². The maximum atomic E-state index is 13.1. The van der Waals surface area contributed by atoms with Gasteiger partial charge in [0.05, 0.1) is 11.8 Å². The number of thioether (sulfide) groups is 1. The van der Waals surface area contributed by atoms with E-state index in [4.69, 9.17) is 9.47 Å². The molecule has 0 saturated carbocycles. The first-order valence-electron chi connectivity index (χ1n) is 10.3. The van der Waals surface area contributed by atoms with Crippen LogP contribution in [0.5, 0.6) is 17.2 Å². The Labute approximate surface area is 194 Å². The molecule has 170 valence electrons. The van der Waals surface area contributed by atoms with E-state index in [0.29, 0.717) is 42.6 Å². The van der Waals surface area contributed by atoms with E-state index in [1.807, 2.05) is 36.2 Å². The van der Waals surface area contributed by atoms with Gasteiger partial charge in [-0.3, -0.25) is 14.9 Å². The van der Waals surface area contributed by atoms with Gasteiger partial charge in [-0.1, -0.05) is 23.9 Å². The second-order valence-corrected chi connectivity index (χ2v) is 8.56. The smallest absolute Gasteiger partial charge is 0.286 e. The predicted molar refractivity (Wildman–Crippen MR) is 125 cm³/mol. The number of anilines is 1. The Bertz CT molecular complexity index is 1130. The van der Waals surface area contributed by atoms with Gasteiger partial charge in [0.1, 0.15) is 23.9 Å². The summed E-state index contributed by atoms with van der Waals surface area (Å²) in [6.45, 7) is 0.970. The molecule has 3 aromatic rings. The highest BCUT2D eigenvalue weighted by atomic mass is 32.2. The van der Waals surface area contributed by atoms with Crippen LogP contribution in [0.15, 0.2) is 66.9 Å². The zero-order valence-electron chi connectivity index (χ0n) is 17.9. The molecule has 1 N–H and O–H groups in total. The number of imide groups is 1. The van der Waals surface area contributed by atoms with E-state index in [1.54, 1.807) is 30.5 Å². The molecule has 2 amide bonds. The minimum Gasteiger partial charge on any atom is -0.492 e.